The van der Waals surface area contributed by atoms with Gasteiger partial charge in [0.1, 0.15) is 5.54 Å². The quantitative estimate of drug-likeness (QED) is 0.744. The molecule has 0 spiro atoms. The molecule has 0 aromatic carbocycles. The summed E-state index contributed by atoms with van der Waals surface area (Å²) in [4.78, 5) is 8.14. The van der Waals surface area contributed by atoms with Crippen molar-refractivity contribution < 1.29 is 9.13 Å². The predicted molar refractivity (Wildman–Crippen MR) is 107 cm³/mol. The Kier molecular flexibility index (Phi) is 6.03. The van der Waals surface area contributed by atoms with Crippen LogP contribution in [-0.2, 0) is 5.54 Å². The lowest BCUT2D eigenvalue weighted by atomic mass is 9.83. The van der Waals surface area contributed by atoms with Gasteiger partial charge in [-0.25, -0.2) is 4.98 Å². The summed E-state index contributed by atoms with van der Waals surface area (Å²) in [5.41, 5.74) is 0.522. The summed E-state index contributed by atoms with van der Waals surface area (Å²) < 4.78 is 21.3. The van der Waals surface area contributed by atoms with Crippen molar-refractivity contribution in [1.82, 2.24) is 19.7 Å². The Labute approximate surface area is 170 Å². The molecule has 152 valence electrons. The number of terminal acetylenes is 1. The molecular formula is C21H25FN6O. The zero-order chi connectivity index (χ0) is 21.0. The molecule has 8 heteroatoms. The van der Waals surface area contributed by atoms with Crippen LogP contribution in [-0.4, -0.2) is 26.4 Å². The van der Waals surface area contributed by atoms with Gasteiger partial charge in [-0.15, -0.1) is 12.3 Å². The largest absolute Gasteiger partial charge is 0.475 e. The number of rotatable bonds is 6. The maximum Gasteiger partial charge on any atom is 0.255 e. The minimum atomic E-state index is -0.791. The van der Waals surface area contributed by atoms with Gasteiger partial charge < -0.3 is 10.1 Å². The molecule has 0 bridgehead atoms. The highest BCUT2D eigenvalue weighted by Gasteiger charge is 2.23. The van der Waals surface area contributed by atoms with E-state index in [-0.39, 0.29) is 11.8 Å². The molecule has 0 amide bonds. The number of nitriles is 1. The van der Waals surface area contributed by atoms with Crippen molar-refractivity contribution in [2.45, 2.75) is 52.0 Å². The molecule has 2 aromatic heterocycles. The van der Waals surface area contributed by atoms with Crippen molar-refractivity contribution in [2.24, 2.45) is 11.8 Å². The molecule has 0 saturated heterocycles. The molecule has 0 radical (unpaired) electrons. The fourth-order valence-electron chi connectivity index (χ4n) is 3.25. The lowest BCUT2D eigenvalue weighted by Gasteiger charge is -2.25. The predicted octanol–water partition coefficient (Wildman–Crippen LogP) is 3.94. The van der Waals surface area contributed by atoms with Crippen molar-refractivity contribution in [1.29, 1.82) is 5.26 Å². The molecule has 0 atom stereocenters. The smallest absolute Gasteiger partial charge is 0.255 e. The topological polar surface area (TPSA) is 88.6 Å². The number of ether oxygens (including phenoxy) is 1. The van der Waals surface area contributed by atoms with E-state index in [1.54, 1.807) is 31.6 Å². The van der Waals surface area contributed by atoms with E-state index in [0.29, 0.717) is 29.8 Å². The molecule has 2 heterocycles. The van der Waals surface area contributed by atoms with Crippen molar-refractivity contribution >= 4 is 11.6 Å². The monoisotopic (exact) mass is 396 g/mol. The summed E-state index contributed by atoms with van der Waals surface area (Å²) in [6.45, 7) is 5.74. The molecule has 0 aliphatic heterocycles. The van der Waals surface area contributed by atoms with E-state index in [0.717, 1.165) is 31.9 Å². The summed E-state index contributed by atoms with van der Waals surface area (Å²) >= 11 is 0. The number of hydrogen-bond donors (Lipinski definition) is 1. The highest BCUT2D eigenvalue weighted by Crippen LogP contribution is 2.29. The molecule has 7 nitrogen and oxygen atoms in total. The highest BCUT2D eigenvalue weighted by atomic mass is 19.1. The zero-order valence-electron chi connectivity index (χ0n) is 16.9. The first kappa shape index (κ1) is 20.6. The second kappa shape index (κ2) is 8.48. The third-order valence-electron chi connectivity index (χ3n) is 5.24. The van der Waals surface area contributed by atoms with Gasteiger partial charge in [-0.1, -0.05) is 0 Å². The van der Waals surface area contributed by atoms with Crippen LogP contribution in [0, 0.1) is 48.3 Å². The van der Waals surface area contributed by atoms with Crippen molar-refractivity contribution in [2.75, 3.05) is 11.9 Å². The Morgan fingerprint density at radius 2 is 2.10 bits per heavy atom. The maximum atomic E-state index is 14.1. The van der Waals surface area contributed by atoms with E-state index < -0.39 is 11.4 Å². The average molecular weight is 396 g/mol. The Balaban J connectivity index is 1.67. The lowest BCUT2D eigenvalue weighted by molar-refractivity contribution is 0.185. The molecule has 1 aliphatic rings. The van der Waals surface area contributed by atoms with E-state index in [1.807, 2.05) is 0 Å². The van der Waals surface area contributed by atoms with E-state index in [4.69, 9.17) is 11.2 Å². The van der Waals surface area contributed by atoms with Crippen LogP contribution in [0.1, 0.15) is 45.2 Å². The molecule has 1 N–H and O–H groups in total. The molecule has 1 fully saturated rings. The summed E-state index contributed by atoms with van der Waals surface area (Å²) in [6, 6.07) is 2.19. The summed E-state index contributed by atoms with van der Waals surface area (Å²) in [7, 11) is 0. The first-order valence-corrected chi connectivity index (χ1v) is 9.69. The maximum absolute atomic E-state index is 14.1. The number of nitrogens with one attached hydrogen (secondary N) is 1. The number of anilines is 2. The lowest BCUT2D eigenvalue weighted by Crippen LogP contribution is -2.24. The van der Waals surface area contributed by atoms with E-state index >= 15 is 0 Å². The van der Waals surface area contributed by atoms with Gasteiger partial charge in [0.15, 0.2) is 0 Å². The summed E-state index contributed by atoms with van der Waals surface area (Å²) in [5.74, 6) is 3.01. The summed E-state index contributed by atoms with van der Waals surface area (Å²) in [6.07, 6.45) is 12.2. The Bertz CT molecular complexity index is 947. The van der Waals surface area contributed by atoms with E-state index in [2.05, 4.69) is 32.4 Å². The van der Waals surface area contributed by atoms with Gasteiger partial charge in [0, 0.05) is 5.92 Å². The number of hydrogen-bond acceptors (Lipinski definition) is 6. The molecule has 3 rings (SSSR count). The van der Waals surface area contributed by atoms with Gasteiger partial charge in [0.05, 0.1) is 36.5 Å². The SMILES string of the molecule is C#CC1CCC(COc2nc(Nc3cn(C(C)(C)C#N)nc3C)ncc2F)CC1. The highest BCUT2D eigenvalue weighted by molar-refractivity contribution is 5.55. The van der Waals surface area contributed by atoms with Gasteiger partial charge in [-0.2, -0.15) is 19.7 Å². The van der Waals surface area contributed by atoms with Gasteiger partial charge in [0.25, 0.3) is 5.88 Å². The normalized spacial score (nSPS) is 19.2. The standard InChI is InChI=1S/C21H25FN6O/c1-5-15-6-8-16(9-7-15)12-29-19-17(22)10-24-20(26-19)25-18-11-28(27-14(18)2)21(3,4)13-23/h1,10-11,15-16H,6-9,12H2,2-4H3,(H,24,25,26). The van der Waals surface area contributed by atoms with Crippen LogP contribution in [0.15, 0.2) is 12.4 Å². The second-order valence-electron chi connectivity index (χ2n) is 7.91. The molecule has 2 aromatic rings. The molecule has 0 unspecified atom stereocenters. The van der Waals surface area contributed by atoms with Gasteiger partial charge >= 0.3 is 0 Å². The number of aryl methyl sites for hydroxylation is 1. The van der Waals surface area contributed by atoms with Crippen LogP contribution < -0.4 is 10.1 Å². The Morgan fingerprint density at radius 1 is 1.38 bits per heavy atom. The molecule has 1 saturated carbocycles. The zero-order valence-corrected chi connectivity index (χ0v) is 16.9. The van der Waals surface area contributed by atoms with E-state index in [9.17, 15) is 9.65 Å². The first-order valence-electron chi connectivity index (χ1n) is 9.69. The third kappa shape index (κ3) is 4.83. The Morgan fingerprint density at radius 3 is 2.76 bits per heavy atom. The number of aromatic nitrogens is 4. The molecule has 1 aliphatic carbocycles. The minimum absolute atomic E-state index is 0.0797. The van der Waals surface area contributed by atoms with Crippen LogP contribution in [0.2, 0.25) is 0 Å². The Hall–Kier alpha value is -3.13. The molecular weight excluding hydrogens is 371 g/mol. The van der Waals surface area contributed by atoms with Crippen molar-refractivity contribution in [3.8, 4) is 24.3 Å². The van der Waals surface area contributed by atoms with E-state index in [1.165, 1.54) is 0 Å². The fourth-order valence-corrected chi connectivity index (χ4v) is 3.25. The van der Waals surface area contributed by atoms with Crippen LogP contribution in [0.25, 0.3) is 0 Å². The van der Waals surface area contributed by atoms with Crippen LogP contribution in [0.5, 0.6) is 5.88 Å². The first-order chi connectivity index (χ1) is 13.8. The van der Waals surface area contributed by atoms with Crippen LogP contribution in [0.4, 0.5) is 16.0 Å². The number of nitrogens with zero attached hydrogens (tertiary/aromatic N) is 5. The van der Waals surface area contributed by atoms with Gasteiger partial charge in [0.2, 0.25) is 11.8 Å². The average Bonchev–Trinajstić information content (AvgIpc) is 3.10. The van der Waals surface area contributed by atoms with Gasteiger partial charge in [-0.05, 0) is 52.4 Å². The minimum Gasteiger partial charge on any atom is -0.475 e. The summed E-state index contributed by atoms with van der Waals surface area (Å²) in [5, 5.41) is 16.7. The molecule has 29 heavy (non-hydrogen) atoms. The fraction of sp³-hybridized carbons (Fsp3) is 0.524. The van der Waals surface area contributed by atoms with Crippen molar-refractivity contribution in [3.05, 3.63) is 23.9 Å². The number of halogens is 1. The second-order valence-corrected chi connectivity index (χ2v) is 7.91. The third-order valence-corrected chi connectivity index (χ3v) is 5.24. The van der Waals surface area contributed by atoms with Gasteiger partial charge in [-0.3, -0.25) is 4.68 Å². The van der Waals surface area contributed by atoms with Crippen LogP contribution >= 0.6 is 0 Å². The van der Waals surface area contributed by atoms with Crippen molar-refractivity contribution in [3.63, 3.8) is 0 Å². The van der Waals surface area contributed by atoms with Crippen LogP contribution in [0.3, 0.4) is 0 Å².